The van der Waals surface area contributed by atoms with Gasteiger partial charge in [0.1, 0.15) is 0 Å². The standard InChI is InChI=1S/C11H23NO3/c1-3-15-11(14)6-8-12-7-4-5-10(2)9-13/h10,12-13H,3-9H2,1-2H3. The second kappa shape index (κ2) is 9.93. The van der Waals surface area contributed by atoms with Gasteiger partial charge in [0.05, 0.1) is 13.0 Å². The molecule has 0 aliphatic heterocycles. The quantitative estimate of drug-likeness (QED) is 0.446. The van der Waals surface area contributed by atoms with E-state index in [0.717, 1.165) is 19.4 Å². The number of carbonyl (C=O) groups is 1. The molecule has 1 unspecified atom stereocenters. The lowest BCUT2D eigenvalue weighted by atomic mass is 10.1. The van der Waals surface area contributed by atoms with E-state index in [1.54, 1.807) is 0 Å². The van der Waals surface area contributed by atoms with Crippen molar-refractivity contribution < 1.29 is 14.6 Å². The molecule has 0 bridgehead atoms. The van der Waals surface area contributed by atoms with Crippen molar-refractivity contribution in [1.82, 2.24) is 5.32 Å². The van der Waals surface area contributed by atoms with E-state index in [1.807, 2.05) is 13.8 Å². The van der Waals surface area contributed by atoms with E-state index >= 15 is 0 Å². The molecule has 4 heteroatoms. The third kappa shape index (κ3) is 9.69. The third-order valence-electron chi connectivity index (χ3n) is 2.17. The van der Waals surface area contributed by atoms with Crippen molar-refractivity contribution >= 4 is 5.97 Å². The highest BCUT2D eigenvalue weighted by atomic mass is 16.5. The van der Waals surface area contributed by atoms with Crippen molar-refractivity contribution in [2.45, 2.75) is 33.1 Å². The lowest BCUT2D eigenvalue weighted by molar-refractivity contribution is -0.142. The van der Waals surface area contributed by atoms with Crippen LogP contribution in [0.4, 0.5) is 0 Å². The smallest absolute Gasteiger partial charge is 0.307 e. The molecule has 0 aromatic carbocycles. The summed E-state index contributed by atoms with van der Waals surface area (Å²) in [5.74, 6) is 0.227. The Balaban J connectivity index is 3.14. The van der Waals surface area contributed by atoms with E-state index in [0.29, 0.717) is 25.5 Å². The van der Waals surface area contributed by atoms with Crippen LogP contribution in [0.2, 0.25) is 0 Å². The van der Waals surface area contributed by atoms with E-state index in [1.165, 1.54) is 0 Å². The first-order chi connectivity index (χ1) is 7.20. The van der Waals surface area contributed by atoms with Gasteiger partial charge in [0.2, 0.25) is 0 Å². The Bertz CT molecular complexity index is 162. The molecular formula is C11H23NO3. The fraction of sp³-hybridized carbons (Fsp3) is 0.909. The Labute approximate surface area is 92.0 Å². The van der Waals surface area contributed by atoms with Crippen molar-refractivity contribution in [3.63, 3.8) is 0 Å². The Morgan fingerprint density at radius 1 is 1.47 bits per heavy atom. The number of esters is 1. The predicted molar refractivity (Wildman–Crippen MR) is 59.6 cm³/mol. The SMILES string of the molecule is CCOC(=O)CCNCCCC(C)CO. The molecule has 90 valence electrons. The van der Waals surface area contributed by atoms with E-state index in [4.69, 9.17) is 9.84 Å². The van der Waals surface area contributed by atoms with Crippen LogP contribution in [0.3, 0.4) is 0 Å². The summed E-state index contributed by atoms with van der Waals surface area (Å²) in [5, 5.41) is 12.0. The first kappa shape index (κ1) is 14.4. The van der Waals surface area contributed by atoms with Gasteiger partial charge in [0.15, 0.2) is 0 Å². The van der Waals surface area contributed by atoms with Crippen molar-refractivity contribution in [3.05, 3.63) is 0 Å². The topological polar surface area (TPSA) is 58.6 Å². The predicted octanol–water partition coefficient (Wildman–Crippen LogP) is 0.938. The van der Waals surface area contributed by atoms with Crippen LogP contribution in [-0.4, -0.2) is 37.4 Å². The number of ether oxygens (including phenoxy) is 1. The second-order valence-electron chi connectivity index (χ2n) is 3.73. The van der Waals surface area contributed by atoms with Gasteiger partial charge in [-0.05, 0) is 32.2 Å². The zero-order valence-electron chi connectivity index (χ0n) is 9.79. The van der Waals surface area contributed by atoms with Crippen LogP contribution in [0.1, 0.15) is 33.1 Å². The highest BCUT2D eigenvalue weighted by Gasteiger charge is 2.01. The van der Waals surface area contributed by atoms with Crippen LogP contribution in [0, 0.1) is 5.92 Å². The van der Waals surface area contributed by atoms with Gasteiger partial charge in [-0.2, -0.15) is 0 Å². The second-order valence-corrected chi connectivity index (χ2v) is 3.73. The number of aliphatic hydroxyl groups is 1. The zero-order chi connectivity index (χ0) is 11.5. The minimum atomic E-state index is -0.145. The summed E-state index contributed by atoms with van der Waals surface area (Å²) in [6, 6.07) is 0. The molecule has 0 saturated heterocycles. The first-order valence-corrected chi connectivity index (χ1v) is 5.67. The molecule has 0 saturated carbocycles. The third-order valence-corrected chi connectivity index (χ3v) is 2.17. The summed E-state index contributed by atoms with van der Waals surface area (Å²) in [5.41, 5.74) is 0. The van der Waals surface area contributed by atoms with Crippen LogP contribution < -0.4 is 5.32 Å². The fourth-order valence-electron chi connectivity index (χ4n) is 1.22. The molecule has 0 fully saturated rings. The summed E-state index contributed by atoms with van der Waals surface area (Å²) in [6.07, 6.45) is 2.48. The molecule has 0 amide bonds. The molecule has 0 radical (unpaired) electrons. The summed E-state index contributed by atoms with van der Waals surface area (Å²) >= 11 is 0. The number of nitrogens with one attached hydrogen (secondary N) is 1. The van der Waals surface area contributed by atoms with Gasteiger partial charge in [-0.25, -0.2) is 0 Å². The van der Waals surface area contributed by atoms with Crippen molar-refractivity contribution in [1.29, 1.82) is 0 Å². The van der Waals surface area contributed by atoms with Crippen LogP contribution in [0.5, 0.6) is 0 Å². The van der Waals surface area contributed by atoms with E-state index in [-0.39, 0.29) is 12.6 Å². The molecule has 4 nitrogen and oxygen atoms in total. The molecule has 0 heterocycles. The molecule has 2 N–H and O–H groups in total. The highest BCUT2D eigenvalue weighted by molar-refractivity contribution is 5.69. The molecule has 0 aromatic heterocycles. The molecule has 1 atom stereocenters. The summed E-state index contributed by atoms with van der Waals surface area (Å²) < 4.78 is 4.79. The monoisotopic (exact) mass is 217 g/mol. The van der Waals surface area contributed by atoms with E-state index in [9.17, 15) is 4.79 Å². The Hall–Kier alpha value is -0.610. The van der Waals surface area contributed by atoms with Gasteiger partial charge < -0.3 is 15.2 Å². The molecule has 0 aromatic rings. The van der Waals surface area contributed by atoms with Gasteiger partial charge in [-0.1, -0.05) is 6.92 Å². The normalized spacial score (nSPS) is 12.5. The zero-order valence-corrected chi connectivity index (χ0v) is 9.79. The maximum Gasteiger partial charge on any atom is 0.307 e. The van der Waals surface area contributed by atoms with Crippen LogP contribution in [0.15, 0.2) is 0 Å². The Morgan fingerprint density at radius 3 is 2.80 bits per heavy atom. The van der Waals surface area contributed by atoms with Crippen molar-refractivity contribution in [2.75, 3.05) is 26.3 Å². The van der Waals surface area contributed by atoms with Gasteiger partial charge in [-0.3, -0.25) is 4.79 Å². The summed E-state index contributed by atoms with van der Waals surface area (Å²) in [6.45, 7) is 6.10. The van der Waals surface area contributed by atoms with Gasteiger partial charge in [0.25, 0.3) is 0 Å². The molecule has 0 aliphatic carbocycles. The van der Waals surface area contributed by atoms with Gasteiger partial charge in [0, 0.05) is 13.2 Å². The van der Waals surface area contributed by atoms with Crippen LogP contribution in [-0.2, 0) is 9.53 Å². The minimum Gasteiger partial charge on any atom is -0.466 e. The number of rotatable bonds is 9. The van der Waals surface area contributed by atoms with E-state index in [2.05, 4.69) is 5.32 Å². The van der Waals surface area contributed by atoms with Gasteiger partial charge >= 0.3 is 5.97 Å². The largest absolute Gasteiger partial charge is 0.466 e. The maximum atomic E-state index is 10.9. The number of aliphatic hydroxyl groups excluding tert-OH is 1. The van der Waals surface area contributed by atoms with Crippen molar-refractivity contribution in [3.8, 4) is 0 Å². The molecule has 0 aliphatic rings. The maximum absolute atomic E-state index is 10.9. The average Bonchev–Trinajstić information content (AvgIpc) is 2.23. The molecule has 0 spiro atoms. The Morgan fingerprint density at radius 2 is 2.20 bits per heavy atom. The number of carbonyl (C=O) groups excluding carboxylic acids is 1. The van der Waals surface area contributed by atoms with Gasteiger partial charge in [-0.15, -0.1) is 0 Å². The summed E-state index contributed by atoms with van der Waals surface area (Å²) in [7, 11) is 0. The fourth-order valence-corrected chi connectivity index (χ4v) is 1.22. The summed E-state index contributed by atoms with van der Waals surface area (Å²) in [4.78, 5) is 10.9. The lowest BCUT2D eigenvalue weighted by Crippen LogP contribution is -2.21. The first-order valence-electron chi connectivity index (χ1n) is 5.67. The average molecular weight is 217 g/mol. The van der Waals surface area contributed by atoms with E-state index < -0.39 is 0 Å². The van der Waals surface area contributed by atoms with Crippen molar-refractivity contribution in [2.24, 2.45) is 5.92 Å². The highest BCUT2D eigenvalue weighted by Crippen LogP contribution is 2.02. The molecule has 0 rings (SSSR count). The van der Waals surface area contributed by atoms with Crippen LogP contribution in [0.25, 0.3) is 0 Å². The number of hydrogen-bond donors (Lipinski definition) is 2. The Kier molecular flexibility index (Phi) is 9.52. The molecule has 15 heavy (non-hydrogen) atoms. The lowest BCUT2D eigenvalue weighted by Gasteiger charge is -2.08. The molecular weight excluding hydrogens is 194 g/mol. The van der Waals surface area contributed by atoms with Crippen LogP contribution >= 0.6 is 0 Å². The number of hydrogen-bond acceptors (Lipinski definition) is 4. The minimum absolute atomic E-state index is 0.145.